The molecule has 1 aromatic heterocycles. The van der Waals surface area contributed by atoms with Gasteiger partial charge in [0, 0.05) is 12.6 Å². The van der Waals surface area contributed by atoms with E-state index in [0.717, 1.165) is 11.3 Å². The van der Waals surface area contributed by atoms with E-state index in [1.165, 1.54) is 21.3 Å². The Morgan fingerprint density at radius 3 is 2.45 bits per heavy atom. The second-order valence-corrected chi connectivity index (χ2v) is 8.57. The molecule has 0 atom stereocenters. The van der Waals surface area contributed by atoms with Crippen molar-refractivity contribution >= 4 is 46.0 Å². The van der Waals surface area contributed by atoms with E-state index < -0.39 is 0 Å². The van der Waals surface area contributed by atoms with Gasteiger partial charge in [0.25, 0.3) is 11.5 Å². The Hall–Kier alpha value is -3.10. The van der Waals surface area contributed by atoms with Crippen LogP contribution in [0.4, 0.5) is 5.69 Å². The second-order valence-electron chi connectivity index (χ2n) is 6.90. The maximum Gasteiger partial charge on any atom is 0.296 e. The van der Waals surface area contributed by atoms with Crippen molar-refractivity contribution in [2.75, 3.05) is 11.5 Å². The molecule has 1 fully saturated rings. The number of aromatic nitrogens is 2. The van der Waals surface area contributed by atoms with Crippen molar-refractivity contribution in [3.8, 4) is 11.4 Å². The summed E-state index contributed by atoms with van der Waals surface area (Å²) in [4.78, 5) is 28.4. The number of thiocarbonyl (C=S) groups is 1. The zero-order valence-electron chi connectivity index (χ0n) is 17.4. The Labute approximate surface area is 189 Å². The van der Waals surface area contributed by atoms with Crippen LogP contribution in [-0.4, -0.2) is 26.2 Å². The highest BCUT2D eigenvalue weighted by atomic mass is 32.2. The number of benzene rings is 2. The highest BCUT2D eigenvalue weighted by Crippen LogP contribution is 2.37. The Morgan fingerprint density at radius 1 is 1.06 bits per heavy atom. The molecule has 1 aliphatic heterocycles. The number of para-hydroxylation sites is 2. The van der Waals surface area contributed by atoms with Gasteiger partial charge in [0.1, 0.15) is 11.4 Å². The third-order valence-corrected chi connectivity index (χ3v) is 6.35. The zero-order chi connectivity index (χ0) is 22.1. The van der Waals surface area contributed by atoms with Crippen molar-refractivity contribution < 1.29 is 9.53 Å². The Morgan fingerprint density at radius 2 is 1.74 bits per heavy atom. The monoisotopic (exact) mass is 451 g/mol. The summed E-state index contributed by atoms with van der Waals surface area (Å²) < 4.78 is 9.26. The number of thioether (sulfide) groups is 1. The lowest BCUT2D eigenvalue weighted by atomic mass is 10.2. The van der Waals surface area contributed by atoms with E-state index in [0.29, 0.717) is 27.3 Å². The molecule has 0 saturated carbocycles. The number of carbonyl (C=O) groups excluding carboxylic acids is 1. The molecule has 2 aromatic carbocycles. The molecule has 31 heavy (non-hydrogen) atoms. The van der Waals surface area contributed by atoms with Crippen molar-refractivity contribution in [2.45, 2.75) is 13.8 Å². The summed E-state index contributed by atoms with van der Waals surface area (Å²) >= 11 is 6.69. The topological polar surface area (TPSA) is 56.5 Å². The maximum atomic E-state index is 13.3. The van der Waals surface area contributed by atoms with Gasteiger partial charge in [-0.25, -0.2) is 4.68 Å². The highest BCUT2D eigenvalue weighted by molar-refractivity contribution is 8.27. The molecule has 4 rings (SSSR count). The van der Waals surface area contributed by atoms with Crippen molar-refractivity contribution in [2.24, 2.45) is 7.05 Å². The van der Waals surface area contributed by atoms with E-state index in [4.69, 9.17) is 17.0 Å². The molecule has 1 saturated heterocycles. The van der Waals surface area contributed by atoms with Crippen LogP contribution in [0.5, 0.6) is 5.75 Å². The Balaban J connectivity index is 1.77. The molecule has 158 valence electrons. The number of anilines is 1. The minimum atomic E-state index is -0.313. The number of ether oxygens (including phenoxy) is 1. The molecule has 1 amide bonds. The largest absolute Gasteiger partial charge is 0.493 e. The molecular formula is C23H21N3O3S2. The number of amides is 1. The normalized spacial score (nSPS) is 15.2. The van der Waals surface area contributed by atoms with E-state index >= 15 is 0 Å². The number of rotatable bonds is 5. The van der Waals surface area contributed by atoms with E-state index in [1.54, 1.807) is 17.8 Å². The van der Waals surface area contributed by atoms with Gasteiger partial charge in [0.15, 0.2) is 4.32 Å². The summed E-state index contributed by atoms with van der Waals surface area (Å²) in [5.41, 5.74) is 2.14. The van der Waals surface area contributed by atoms with Crippen molar-refractivity contribution in [3.05, 3.63) is 81.1 Å². The molecule has 0 unspecified atom stereocenters. The average molecular weight is 452 g/mol. The third-order valence-electron chi connectivity index (χ3n) is 5.05. The Bertz CT molecular complexity index is 1260. The fraction of sp³-hybridized carbons (Fsp3) is 0.174. The molecule has 0 N–H and O–H groups in total. The van der Waals surface area contributed by atoms with Gasteiger partial charge in [-0.05, 0) is 38.1 Å². The summed E-state index contributed by atoms with van der Waals surface area (Å²) in [6, 6.07) is 16.8. The lowest BCUT2D eigenvalue weighted by Gasteiger charge is -2.12. The molecule has 8 heteroatoms. The van der Waals surface area contributed by atoms with Gasteiger partial charge in [0.05, 0.1) is 22.9 Å². The van der Waals surface area contributed by atoms with Crippen LogP contribution in [0.3, 0.4) is 0 Å². The predicted octanol–water partition coefficient (Wildman–Crippen LogP) is 4.29. The van der Waals surface area contributed by atoms with E-state index in [9.17, 15) is 9.59 Å². The van der Waals surface area contributed by atoms with Gasteiger partial charge in [-0.2, -0.15) is 0 Å². The lowest BCUT2D eigenvalue weighted by Crippen LogP contribution is -2.33. The first-order valence-corrected chi connectivity index (χ1v) is 11.0. The summed E-state index contributed by atoms with van der Waals surface area (Å²) in [5.74, 6) is 0.380. The molecule has 3 aromatic rings. The number of nitrogens with zero attached hydrogens (tertiary/aromatic N) is 3. The van der Waals surface area contributed by atoms with Crippen molar-refractivity contribution in [1.82, 2.24) is 9.36 Å². The summed E-state index contributed by atoms with van der Waals surface area (Å²) in [7, 11) is 1.79. The smallest absolute Gasteiger partial charge is 0.296 e. The fourth-order valence-electron chi connectivity index (χ4n) is 3.50. The van der Waals surface area contributed by atoms with Crippen molar-refractivity contribution in [3.63, 3.8) is 0 Å². The number of carbonyl (C=O) groups is 1. The number of hydrogen-bond donors (Lipinski definition) is 0. The van der Waals surface area contributed by atoms with Crippen LogP contribution in [0, 0.1) is 6.92 Å². The maximum absolute atomic E-state index is 13.3. The second kappa shape index (κ2) is 8.56. The van der Waals surface area contributed by atoms with Gasteiger partial charge in [-0.15, -0.1) is 0 Å². The first-order chi connectivity index (χ1) is 14.9. The molecule has 0 bridgehead atoms. The van der Waals surface area contributed by atoms with E-state index in [1.807, 2.05) is 68.4 Å². The van der Waals surface area contributed by atoms with Crippen LogP contribution in [0.2, 0.25) is 0 Å². The van der Waals surface area contributed by atoms with Crippen LogP contribution in [0.1, 0.15) is 18.2 Å². The molecule has 0 aliphatic carbocycles. The van der Waals surface area contributed by atoms with Gasteiger partial charge < -0.3 is 4.74 Å². The van der Waals surface area contributed by atoms with Crippen LogP contribution >= 0.6 is 24.0 Å². The summed E-state index contributed by atoms with van der Waals surface area (Å²) in [6.45, 7) is 4.24. The first kappa shape index (κ1) is 21.1. The van der Waals surface area contributed by atoms with Gasteiger partial charge >= 0.3 is 0 Å². The lowest BCUT2D eigenvalue weighted by molar-refractivity contribution is -0.113. The minimum Gasteiger partial charge on any atom is -0.493 e. The van der Waals surface area contributed by atoms with E-state index in [-0.39, 0.29) is 17.2 Å². The van der Waals surface area contributed by atoms with Gasteiger partial charge in [-0.1, -0.05) is 60.4 Å². The number of hydrogen-bond acceptors (Lipinski definition) is 5. The van der Waals surface area contributed by atoms with Gasteiger partial charge in [-0.3, -0.25) is 19.2 Å². The van der Waals surface area contributed by atoms with Crippen LogP contribution in [-0.2, 0) is 11.8 Å². The average Bonchev–Trinajstić information content (AvgIpc) is 3.15. The van der Waals surface area contributed by atoms with Crippen LogP contribution in [0.15, 0.2) is 64.3 Å². The highest BCUT2D eigenvalue weighted by Gasteiger charge is 2.37. The third kappa shape index (κ3) is 3.73. The Kier molecular flexibility index (Phi) is 5.84. The quantitative estimate of drug-likeness (QED) is 0.428. The van der Waals surface area contributed by atoms with E-state index in [2.05, 4.69) is 0 Å². The van der Waals surface area contributed by atoms with Crippen LogP contribution in [0.25, 0.3) is 11.8 Å². The summed E-state index contributed by atoms with van der Waals surface area (Å²) in [5, 5.41) is 0. The van der Waals surface area contributed by atoms with Gasteiger partial charge in [0.2, 0.25) is 0 Å². The molecule has 2 heterocycles. The molecular weight excluding hydrogens is 430 g/mol. The molecule has 0 spiro atoms. The molecule has 0 radical (unpaired) electrons. The summed E-state index contributed by atoms with van der Waals surface area (Å²) in [6.07, 6.45) is 1.76. The molecule has 1 aliphatic rings. The zero-order valence-corrected chi connectivity index (χ0v) is 19.0. The minimum absolute atomic E-state index is 0.273. The molecule has 6 nitrogen and oxygen atoms in total. The first-order valence-electron chi connectivity index (χ1n) is 9.77. The predicted molar refractivity (Wildman–Crippen MR) is 129 cm³/mol. The van der Waals surface area contributed by atoms with Crippen LogP contribution < -0.4 is 15.2 Å². The standard InChI is InChI=1S/C23H21N3O3S2/c1-4-29-18-13-9-8-10-16(18)14-19-21(27)25(23(30)31-19)20-15(2)24(3)26(22(20)28)17-11-6-5-7-12-17/h5-14H,4H2,1-3H3/b19-14-. The SMILES string of the molecule is CCOc1ccccc1/C=C1\SC(=S)N(c2c(C)n(C)n(-c3ccccc3)c2=O)C1=O. The van der Waals surface area contributed by atoms with Crippen molar-refractivity contribution in [1.29, 1.82) is 0 Å². The fourth-order valence-corrected chi connectivity index (χ4v) is 4.76.